The first kappa shape index (κ1) is 17.6. The van der Waals surface area contributed by atoms with Crippen LogP contribution in [0.1, 0.15) is 0 Å². The molecule has 0 unspecified atom stereocenters. The molecule has 4 nitrogen and oxygen atoms in total. The minimum Gasteiger partial charge on any atom is -0.423 e. The summed E-state index contributed by atoms with van der Waals surface area (Å²) in [5.41, 5.74) is 4.59. The number of H-pyrrole nitrogens is 1. The van der Waals surface area contributed by atoms with E-state index in [0.29, 0.717) is 17.0 Å². The van der Waals surface area contributed by atoms with Gasteiger partial charge in [-0.3, -0.25) is 0 Å². The molecule has 0 saturated heterocycles. The third kappa shape index (κ3) is 3.30. The lowest BCUT2D eigenvalue weighted by Crippen LogP contribution is -1.98. The topological polar surface area (TPSA) is 58.9 Å². The quantitative estimate of drug-likeness (QED) is 0.334. The summed E-state index contributed by atoms with van der Waals surface area (Å²) in [4.78, 5) is 20.5. The lowest BCUT2D eigenvalue weighted by molar-refractivity contribution is 0.561. The number of hydrogen-bond acceptors (Lipinski definition) is 3. The van der Waals surface area contributed by atoms with Crippen molar-refractivity contribution in [3.8, 4) is 33.9 Å². The molecule has 0 bridgehead atoms. The zero-order chi connectivity index (χ0) is 19.8. The Morgan fingerprint density at radius 1 is 0.828 bits per heavy atom. The molecule has 0 aliphatic carbocycles. The molecule has 5 rings (SSSR count). The van der Waals surface area contributed by atoms with Crippen LogP contribution in [0.25, 0.3) is 44.9 Å². The molecule has 2 aromatic heterocycles. The molecule has 1 N–H and O–H groups in total. The van der Waals surface area contributed by atoms with Crippen molar-refractivity contribution in [2.75, 3.05) is 0 Å². The predicted octanol–water partition coefficient (Wildman–Crippen LogP) is 6.28. The Hall–Kier alpha value is -3.44. The lowest BCUT2D eigenvalue weighted by Gasteiger charge is -2.03. The minimum atomic E-state index is -0.409. The van der Waals surface area contributed by atoms with Gasteiger partial charge in [-0.1, -0.05) is 76.6 Å². The summed E-state index contributed by atoms with van der Waals surface area (Å²) in [6.07, 6.45) is 0. The van der Waals surface area contributed by atoms with Crippen molar-refractivity contribution in [2.24, 2.45) is 0 Å². The zero-order valence-electron chi connectivity index (χ0n) is 15.2. The maximum Gasteiger partial charge on any atom is 0.336 e. The van der Waals surface area contributed by atoms with Crippen LogP contribution in [-0.2, 0) is 0 Å². The Bertz CT molecular complexity index is 1320. The molecule has 0 radical (unpaired) electrons. The second-order valence-corrected chi connectivity index (χ2v) is 7.58. The minimum absolute atomic E-state index is 0.409. The van der Waals surface area contributed by atoms with Crippen molar-refractivity contribution >= 4 is 26.9 Å². The van der Waals surface area contributed by atoms with E-state index in [9.17, 15) is 4.79 Å². The van der Waals surface area contributed by atoms with E-state index in [-0.39, 0.29) is 0 Å². The van der Waals surface area contributed by atoms with E-state index in [1.165, 1.54) is 6.07 Å². The van der Waals surface area contributed by atoms with Crippen LogP contribution in [0.5, 0.6) is 0 Å². The van der Waals surface area contributed by atoms with Gasteiger partial charge in [-0.05, 0) is 18.2 Å². The average molecular weight is 443 g/mol. The molecule has 3 aromatic carbocycles. The smallest absolute Gasteiger partial charge is 0.336 e. The molecule has 5 aromatic rings. The van der Waals surface area contributed by atoms with Crippen LogP contribution in [0.2, 0.25) is 0 Å². The largest absolute Gasteiger partial charge is 0.423 e. The van der Waals surface area contributed by atoms with Crippen molar-refractivity contribution in [3.05, 3.63) is 99.8 Å². The van der Waals surface area contributed by atoms with Crippen LogP contribution in [-0.4, -0.2) is 9.97 Å². The van der Waals surface area contributed by atoms with Crippen molar-refractivity contribution in [1.82, 2.24) is 9.97 Å². The molecular formula is C24H15BrN2O2. The summed E-state index contributed by atoms with van der Waals surface area (Å²) in [6.45, 7) is 0. The maximum absolute atomic E-state index is 12.2. The normalized spacial score (nSPS) is 11.1. The monoisotopic (exact) mass is 442 g/mol. The summed E-state index contributed by atoms with van der Waals surface area (Å²) < 4.78 is 6.27. The van der Waals surface area contributed by atoms with E-state index in [1.807, 2.05) is 72.8 Å². The first-order valence-electron chi connectivity index (χ1n) is 9.14. The molecule has 0 fully saturated rings. The molecule has 29 heavy (non-hydrogen) atoms. The van der Waals surface area contributed by atoms with Gasteiger partial charge in [-0.15, -0.1) is 0 Å². The van der Waals surface area contributed by atoms with Gasteiger partial charge in [-0.25, -0.2) is 9.78 Å². The number of hydrogen-bond donors (Lipinski definition) is 1. The summed E-state index contributed by atoms with van der Waals surface area (Å²) in [7, 11) is 0. The van der Waals surface area contributed by atoms with Gasteiger partial charge in [0.25, 0.3) is 0 Å². The van der Waals surface area contributed by atoms with Crippen LogP contribution < -0.4 is 5.63 Å². The van der Waals surface area contributed by atoms with E-state index in [1.54, 1.807) is 6.07 Å². The van der Waals surface area contributed by atoms with Gasteiger partial charge in [0.1, 0.15) is 11.4 Å². The fourth-order valence-electron chi connectivity index (χ4n) is 3.45. The number of rotatable bonds is 3. The highest BCUT2D eigenvalue weighted by atomic mass is 79.9. The Morgan fingerprint density at radius 3 is 2.24 bits per heavy atom. The number of nitrogens with zero attached hydrogens (tertiary/aromatic N) is 1. The van der Waals surface area contributed by atoms with E-state index in [0.717, 1.165) is 32.4 Å². The maximum atomic E-state index is 12.2. The van der Waals surface area contributed by atoms with E-state index >= 15 is 0 Å². The van der Waals surface area contributed by atoms with Crippen molar-refractivity contribution in [2.45, 2.75) is 0 Å². The van der Waals surface area contributed by atoms with Crippen molar-refractivity contribution in [1.29, 1.82) is 0 Å². The highest BCUT2D eigenvalue weighted by Crippen LogP contribution is 2.35. The molecule has 0 saturated carbocycles. The first-order valence-corrected chi connectivity index (χ1v) is 9.93. The van der Waals surface area contributed by atoms with Crippen molar-refractivity contribution < 1.29 is 4.42 Å². The molecule has 0 spiro atoms. The molecule has 140 valence electrons. The Labute approximate surface area is 175 Å². The number of fused-ring (bicyclic) bond motifs is 1. The second kappa shape index (κ2) is 7.18. The summed E-state index contributed by atoms with van der Waals surface area (Å²) in [6, 6.07) is 27.1. The number of aromatic amines is 1. The van der Waals surface area contributed by atoms with Gasteiger partial charge in [0.2, 0.25) is 0 Å². The molecule has 0 atom stereocenters. The fourth-order valence-corrected chi connectivity index (χ4v) is 3.81. The fraction of sp³-hybridized carbons (Fsp3) is 0. The van der Waals surface area contributed by atoms with E-state index in [4.69, 9.17) is 9.40 Å². The number of halogens is 1. The summed E-state index contributed by atoms with van der Waals surface area (Å²) in [5, 5.41) is 0.812. The standard InChI is InChI=1S/C24H15BrN2O2/c25-17-11-12-20-18(13-17)19(14-21(28)29-20)24-26-22(15-7-3-1-4-8-15)23(27-24)16-9-5-2-6-10-16/h1-14H,(H,26,27). The van der Waals surface area contributed by atoms with Crippen molar-refractivity contribution in [3.63, 3.8) is 0 Å². The van der Waals surface area contributed by atoms with Gasteiger partial charge in [0, 0.05) is 32.6 Å². The molecule has 2 heterocycles. The van der Waals surface area contributed by atoms with Gasteiger partial charge < -0.3 is 9.40 Å². The number of nitrogens with one attached hydrogen (secondary N) is 1. The van der Waals surface area contributed by atoms with Gasteiger partial charge >= 0.3 is 5.63 Å². The Morgan fingerprint density at radius 2 is 1.52 bits per heavy atom. The lowest BCUT2D eigenvalue weighted by atomic mass is 10.1. The molecule has 0 aliphatic heterocycles. The van der Waals surface area contributed by atoms with Crippen LogP contribution >= 0.6 is 15.9 Å². The highest BCUT2D eigenvalue weighted by molar-refractivity contribution is 9.10. The van der Waals surface area contributed by atoms with Gasteiger partial charge in [0.05, 0.1) is 11.4 Å². The number of aromatic nitrogens is 2. The molecule has 5 heteroatoms. The average Bonchev–Trinajstić information content (AvgIpc) is 3.20. The van der Waals surface area contributed by atoms with Gasteiger partial charge in [0.15, 0.2) is 0 Å². The number of imidazole rings is 1. The Balaban J connectivity index is 1.80. The molecule has 0 amide bonds. The van der Waals surface area contributed by atoms with Gasteiger partial charge in [-0.2, -0.15) is 0 Å². The van der Waals surface area contributed by atoms with E-state index in [2.05, 4.69) is 20.9 Å². The summed E-state index contributed by atoms with van der Waals surface area (Å²) in [5.74, 6) is 0.624. The SMILES string of the molecule is O=c1cc(-c2nc(-c3ccccc3)c(-c3ccccc3)[nH]2)c2cc(Br)ccc2o1. The third-order valence-corrected chi connectivity index (χ3v) is 5.27. The number of benzene rings is 3. The van der Waals surface area contributed by atoms with Crippen LogP contribution in [0.15, 0.2) is 98.6 Å². The van der Waals surface area contributed by atoms with E-state index < -0.39 is 5.63 Å². The first-order chi connectivity index (χ1) is 14.2. The third-order valence-electron chi connectivity index (χ3n) is 4.77. The molecular weight excluding hydrogens is 428 g/mol. The predicted molar refractivity (Wildman–Crippen MR) is 119 cm³/mol. The van der Waals surface area contributed by atoms with Crippen LogP contribution in [0, 0.1) is 0 Å². The zero-order valence-corrected chi connectivity index (χ0v) is 16.8. The van der Waals surface area contributed by atoms with Crippen LogP contribution in [0.3, 0.4) is 0 Å². The van der Waals surface area contributed by atoms with Crippen LogP contribution in [0.4, 0.5) is 0 Å². The Kier molecular flexibility index (Phi) is 4.37. The molecule has 0 aliphatic rings. The second-order valence-electron chi connectivity index (χ2n) is 6.66. The highest BCUT2D eigenvalue weighted by Gasteiger charge is 2.17. The summed E-state index contributed by atoms with van der Waals surface area (Å²) >= 11 is 3.50.